The van der Waals surface area contributed by atoms with Crippen LogP contribution in [0.3, 0.4) is 0 Å². The van der Waals surface area contributed by atoms with Gasteiger partial charge in [0.15, 0.2) is 0 Å². The molecule has 17 heavy (non-hydrogen) atoms. The minimum atomic E-state index is -2.25. The molecule has 0 amide bonds. The minimum absolute atomic E-state index is 0.286. The standard InChI is InChI=1S/C8H9NO5S.C2H6/c1-14-8(6(10)11,7(12)13)4-5-9-2-3-15-5;1-2/h2-3H,4H2,1H3,(H,10,11)(H,12,13);1-2H3. The number of nitrogens with zero attached hydrogens (tertiary/aromatic N) is 1. The Kier molecular flexibility index (Phi) is 6.37. The zero-order valence-electron chi connectivity index (χ0n) is 9.84. The number of hydrogen-bond acceptors (Lipinski definition) is 5. The molecule has 1 aromatic rings. The Morgan fingerprint density at radius 3 is 2.24 bits per heavy atom. The van der Waals surface area contributed by atoms with Gasteiger partial charge in [-0.15, -0.1) is 11.3 Å². The second kappa shape index (κ2) is 6.97. The van der Waals surface area contributed by atoms with Crippen molar-refractivity contribution >= 4 is 23.3 Å². The zero-order valence-corrected chi connectivity index (χ0v) is 10.7. The Bertz CT molecular complexity index is 349. The van der Waals surface area contributed by atoms with Crippen molar-refractivity contribution in [2.45, 2.75) is 25.9 Å². The molecule has 0 saturated carbocycles. The Balaban J connectivity index is 0.00000121. The van der Waals surface area contributed by atoms with Crippen LogP contribution < -0.4 is 0 Å². The van der Waals surface area contributed by atoms with Crippen LogP contribution in [0.5, 0.6) is 0 Å². The van der Waals surface area contributed by atoms with Gasteiger partial charge in [0.25, 0.3) is 5.60 Å². The lowest BCUT2D eigenvalue weighted by Crippen LogP contribution is -2.50. The fourth-order valence-electron chi connectivity index (χ4n) is 1.04. The third-order valence-corrected chi connectivity index (χ3v) is 2.70. The van der Waals surface area contributed by atoms with E-state index in [1.165, 1.54) is 17.5 Å². The van der Waals surface area contributed by atoms with Crippen molar-refractivity contribution in [2.75, 3.05) is 7.11 Å². The smallest absolute Gasteiger partial charge is 0.348 e. The number of rotatable bonds is 5. The van der Waals surface area contributed by atoms with Gasteiger partial charge in [0.1, 0.15) is 0 Å². The van der Waals surface area contributed by atoms with Crippen LogP contribution in [0.1, 0.15) is 18.9 Å². The number of carboxylic acids is 2. The van der Waals surface area contributed by atoms with E-state index in [1.54, 1.807) is 5.38 Å². The van der Waals surface area contributed by atoms with Crippen LogP contribution in [-0.2, 0) is 20.7 Å². The molecule has 6 nitrogen and oxygen atoms in total. The summed E-state index contributed by atoms with van der Waals surface area (Å²) in [5.41, 5.74) is -2.25. The van der Waals surface area contributed by atoms with Crippen molar-refractivity contribution in [3.63, 3.8) is 0 Å². The molecule has 96 valence electrons. The molecule has 0 unspecified atom stereocenters. The van der Waals surface area contributed by atoms with E-state index in [-0.39, 0.29) is 6.42 Å². The van der Waals surface area contributed by atoms with E-state index in [2.05, 4.69) is 9.72 Å². The first-order chi connectivity index (χ1) is 8.03. The molecular formula is C10H15NO5S. The highest BCUT2D eigenvalue weighted by atomic mass is 32.1. The second-order valence-electron chi connectivity index (χ2n) is 2.74. The molecule has 0 bridgehead atoms. The van der Waals surface area contributed by atoms with Gasteiger partial charge in [-0.1, -0.05) is 13.8 Å². The minimum Gasteiger partial charge on any atom is -0.479 e. The summed E-state index contributed by atoms with van der Waals surface area (Å²) in [4.78, 5) is 25.6. The Morgan fingerprint density at radius 2 is 1.94 bits per heavy atom. The lowest BCUT2D eigenvalue weighted by Gasteiger charge is -2.21. The SMILES string of the molecule is CC.COC(Cc1nccs1)(C(=O)O)C(=O)O. The van der Waals surface area contributed by atoms with Crippen LogP contribution in [0.4, 0.5) is 0 Å². The number of aliphatic carboxylic acids is 2. The van der Waals surface area contributed by atoms with Crippen molar-refractivity contribution in [2.24, 2.45) is 0 Å². The Labute approximate surface area is 103 Å². The number of ether oxygens (including phenoxy) is 1. The maximum atomic E-state index is 10.9. The molecule has 2 N–H and O–H groups in total. The first-order valence-electron chi connectivity index (χ1n) is 4.93. The van der Waals surface area contributed by atoms with E-state index in [1.807, 2.05) is 13.8 Å². The number of thiazole rings is 1. The summed E-state index contributed by atoms with van der Waals surface area (Å²) in [5.74, 6) is -3.07. The fraction of sp³-hybridized carbons (Fsp3) is 0.500. The summed E-state index contributed by atoms with van der Waals surface area (Å²) in [6, 6.07) is 0. The molecular weight excluding hydrogens is 246 g/mol. The van der Waals surface area contributed by atoms with Gasteiger partial charge < -0.3 is 14.9 Å². The summed E-state index contributed by atoms with van der Waals surface area (Å²) in [5, 5.41) is 19.8. The third-order valence-electron chi connectivity index (χ3n) is 1.92. The predicted molar refractivity (Wildman–Crippen MR) is 62.2 cm³/mol. The number of carboxylic acid groups (broad SMARTS) is 2. The molecule has 0 fully saturated rings. The molecule has 0 aliphatic rings. The largest absolute Gasteiger partial charge is 0.479 e. The maximum Gasteiger partial charge on any atom is 0.348 e. The van der Waals surface area contributed by atoms with Gasteiger partial charge >= 0.3 is 11.9 Å². The van der Waals surface area contributed by atoms with Crippen molar-refractivity contribution in [3.05, 3.63) is 16.6 Å². The topological polar surface area (TPSA) is 96.7 Å². The quantitative estimate of drug-likeness (QED) is 0.775. The fourth-order valence-corrected chi connectivity index (χ4v) is 1.73. The van der Waals surface area contributed by atoms with E-state index in [0.717, 1.165) is 7.11 Å². The molecule has 0 aromatic carbocycles. The molecule has 1 rings (SSSR count). The second-order valence-corrected chi connectivity index (χ2v) is 3.72. The zero-order chi connectivity index (χ0) is 13.5. The van der Waals surface area contributed by atoms with Gasteiger partial charge in [-0.05, 0) is 0 Å². The van der Waals surface area contributed by atoms with Crippen molar-refractivity contribution < 1.29 is 24.5 Å². The van der Waals surface area contributed by atoms with Crippen LogP contribution in [0.15, 0.2) is 11.6 Å². The summed E-state index contributed by atoms with van der Waals surface area (Å²) in [7, 11) is 1.05. The number of methoxy groups -OCH3 is 1. The van der Waals surface area contributed by atoms with Crippen LogP contribution in [0.2, 0.25) is 0 Å². The molecule has 1 aromatic heterocycles. The van der Waals surface area contributed by atoms with Gasteiger partial charge in [0.05, 0.1) is 11.4 Å². The van der Waals surface area contributed by atoms with Crippen LogP contribution in [0, 0.1) is 0 Å². The summed E-state index contributed by atoms with van der Waals surface area (Å²) < 4.78 is 4.60. The highest BCUT2D eigenvalue weighted by Crippen LogP contribution is 2.20. The lowest BCUT2D eigenvalue weighted by molar-refractivity contribution is -0.179. The maximum absolute atomic E-state index is 10.9. The molecule has 0 aliphatic carbocycles. The van der Waals surface area contributed by atoms with E-state index < -0.39 is 17.5 Å². The van der Waals surface area contributed by atoms with E-state index in [0.29, 0.717) is 5.01 Å². The van der Waals surface area contributed by atoms with Crippen LogP contribution in [0.25, 0.3) is 0 Å². The molecule has 0 radical (unpaired) electrons. The first-order valence-corrected chi connectivity index (χ1v) is 5.81. The molecule has 0 aliphatic heterocycles. The molecule has 0 spiro atoms. The van der Waals surface area contributed by atoms with Gasteiger partial charge in [-0.3, -0.25) is 0 Å². The van der Waals surface area contributed by atoms with Crippen molar-refractivity contribution in [1.82, 2.24) is 4.98 Å². The number of hydrogen-bond donors (Lipinski definition) is 2. The van der Waals surface area contributed by atoms with Gasteiger partial charge in [-0.25, -0.2) is 14.6 Å². The molecule has 0 atom stereocenters. The summed E-state index contributed by atoms with van der Waals surface area (Å²) >= 11 is 1.18. The summed E-state index contributed by atoms with van der Waals surface area (Å²) in [6.45, 7) is 4.00. The van der Waals surface area contributed by atoms with E-state index in [4.69, 9.17) is 10.2 Å². The lowest BCUT2D eigenvalue weighted by atomic mass is 10.0. The van der Waals surface area contributed by atoms with Gasteiger partial charge in [0.2, 0.25) is 0 Å². The third kappa shape index (κ3) is 3.50. The molecule has 1 heterocycles. The highest BCUT2D eigenvalue weighted by Gasteiger charge is 2.48. The van der Waals surface area contributed by atoms with Gasteiger partial charge in [0, 0.05) is 18.7 Å². The monoisotopic (exact) mass is 261 g/mol. The van der Waals surface area contributed by atoms with E-state index >= 15 is 0 Å². The van der Waals surface area contributed by atoms with Crippen molar-refractivity contribution in [1.29, 1.82) is 0 Å². The summed E-state index contributed by atoms with van der Waals surface area (Å²) in [6.07, 6.45) is 1.19. The molecule has 7 heteroatoms. The Hall–Kier alpha value is -1.47. The van der Waals surface area contributed by atoms with Crippen LogP contribution in [-0.4, -0.2) is 39.8 Å². The van der Waals surface area contributed by atoms with Crippen molar-refractivity contribution in [3.8, 4) is 0 Å². The average molecular weight is 261 g/mol. The van der Waals surface area contributed by atoms with Gasteiger partial charge in [-0.2, -0.15) is 0 Å². The average Bonchev–Trinajstić information content (AvgIpc) is 2.80. The van der Waals surface area contributed by atoms with Crippen LogP contribution >= 0.6 is 11.3 Å². The number of aromatic nitrogens is 1. The number of carbonyl (C=O) groups is 2. The highest BCUT2D eigenvalue weighted by molar-refractivity contribution is 7.09. The predicted octanol–water partition coefficient (Wildman–Crippen LogP) is 1.27. The Morgan fingerprint density at radius 1 is 1.41 bits per heavy atom. The first kappa shape index (κ1) is 15.5. The molecule has 0 saturated heterocycles. The normalized spacial score (nSPS) is 10.3. The van der Waals surface area contributed by atoms with E-state index in [9.17, 15) is 9.59 Å².